The molecule has 0 radical (unpaired) electrons. The summed E-state index contributed by atoms with van der Waals surface area (Å²) in [7, 11) is 0. The van der Waals surface area contributed by atoms with Crippen molar-refractivity contribution < 1.29 is 0 Å². The molecule has 1 atom stereocenters. The van der Waals surface area contributed by atoms with Crippen molar-refractivity contribution in [3.63, 3.8) is 0 Å². The first-order chi connectivity index (χ1) is 7.34. The SMILES string of the molecule is Nc1cnc2nnc(C3CCNC3)n2c1. The number of nitrogens with two attached hydrogens (primary N) is 1. The van der Waals surface area contributed by atoms with Crippen molar-refractivity contribution >= 4 is 11.5 Å². The van der Waals surface area contributed by atoms with Crippen molar-refractivity contribution in [3.05, 3.63) is 18.2 Å². The average molecular weight is 204 g/mol. The van der Waals surface area contributed by atoms with Crippen molar-refractivity contribution in [2.75, 3.05) is 18.8 Å². The minimum atomic E-state index is 0.420. The van der Waals surface area contributed by atoms with Crippen LogP contribution in [0.15, 0.2) is 12.4 Å². The van der Waals surface area contributed by atoms with E-state index in [1.807, 2.05) is 10.6 Å². The van der Waals surface area contributed by atoms with Crippen LogP contribution in [0.1, 0.15) is 18.2 Å². The number of hydrogen-bond acceptors (Lipinski definition) is 5. The van der Waals surface area contributed by atoms with Gasteiger partial charge in [-0.1, -0.05) is 0 Å². The maximum atomic E-state index is 5.70. The smallest absolute Gasteiger partial charge is 0.255 e. The van der Waals surface area contributed by atoms with Crippen LogP contribution in [0.5, 0.6) is 0 Å². The number of aromatic nitrogens is 4. The number of nitrogens with zero attached hydrogens (tertiary/aromatic N) is 4. The third-order valence-electron chi connectivity index (χ3n) is 2.74. The van der Waals surface area contributed by atoms with Crippen LogP contribution in [0.3, 0.4) is 0 Å². The average Bonchev–Trinajstić information content (AvgIpc) is 2.83. The van der Waals surface area contributed by atoms with Gasteiger partial charge in [0.15, 0.2) is 0 Å². The molecule has 6 heteroatoms. The second-order valence-corrected chi connectivity index (χ2v) is 3.81. The molecule has 3 heterocycles. The van der Waals surface area contributed by atoms with Gasteiger partial charge < -0.3 is 11.1 Å². The summed E-state index contributed by atoms with van der Waals surface area (Å²) < 4.78 is 1.88. The number of nitrogen functional groups attached to an aromatic ring is 1. The molecule has 1 aliphatic heterocycles. The lowest BCUT2D eigenvalue weighted by atomic mass is 10.1. The number of nitrogens with one attached hydrogen (secondary N) is 1. The first kappa shape index (κ1) is 8.60. The van der Waals surface area contributed by atoms with Gasteiger partial charge in [-0.15, -0.1) is 10.2 Å². The summed E-state index contributed by atoms with van der Waals surface area (Å²) in [6.45, 7) is 1.99. The van der Waals surface area contributed by atoms with Crippen LogP contribution in [-0.4, -0.2) is 32.7 Å². The predicted molar refractivity (Wildman–Crippen MR) is 55.4 cm³/mol. The summed E-state index contributed by atoms with van der Waals surface area (Å²) in [6.07, 6.45) is 4.52. The van der Waals surface area contributed by atoms with Gasteiger partial charge in [-0.3, -0.25) is 4.40 Å². The Bertz CT molecular complexity index is 484. The van der Waals surface area contributed by atoms with E-state index in [4.69, 9.17) is 5.73 Å². The lowest BCUT2D eigenvalue weighted by Gasteiger charge is -2.05. The summed E-state index contributed by atoms with van der Waals surface area (Å²) in [5.74, 6) is 1.99. The monoisotopic (exact) mass is 204 g/mol. The lowest BCUT2D eigenvalue weighted by Crippen LogP contribution is -2.10. The van der Waals surface area contributed by atoms with E-state index < -0.39 is 0 Å². The van der Waals surface area contributed by atoms with Crippen LogP contribution < -0.4 is 11.1 Å². The van der Waals surface area contributed by atoms with Gasteiger partial charge in [0, 0.05) is 18.7 Å². The Kier molecular flexibility index (Phi) is 1.81. The highest BCUT2D eigenvalue weighted by molar-refractivity contribution is 5.39. The van der Waals surface area contributed by atoms with Crippen LogP contribution >= 0.6 is 0 Å². The van der Waals surface area contributed by atoms with E-state index in [1.54, 1.807) is 6.20 Å². The molecule has 2 aromatic rings. The molecule has 1 aliphatic rings. The molecule has 1 fully saturated rings. The summed E-state index contributed by atoms with van der Waals surface area (Å²) >= 11 is 0. The third kappa shape index (κ3) is 1.33. The van der Waals surface area contributed by atoms with Gasteiger partial charge in [-0.25, -0.2) is 4.98 Å². The predicted octanol–water partition coefficient (Wildman–Crippen LogP) is -0.217. The number of anilines is 1. The molecular weight excluding hydrogens is 192 g/mol. The zero-order chi connectivity index (χ0) is 10.3. The van der Waals surface area contributed by atoms with Gasteiger partial charge in [0.2, 0.25) is 0 Å². The van der Waals surface area contributed by atoms with Crippen LogP contribution in [0.2, 0.25) is 0 Å². The van der Waals surface area contributed by atoms with E-state index in [1.165, 1.54) is 0 Å². The Balaban J connectivity index is 2.13. The fraction of sp³-hybridized carbons (Fsp3) is 0.444. The molecule has 0 bridgehead atoms. The standard InChI is InChI=1S/C9H12N6/c10-7-4-12-9-14-13-8(15(9)5-7)6-1-2-11-3-6/h4-6,11H,1-3,10H2. The quantitative estimate of drug-likeness (QED) is 0.671. The first-order valence-electron chi connectivity index (χ1n) is 5.01. The second-order valence-electron chi connectivity index (χ2n) is 3.81. The van der Waals surface area contributed by atoms with Gasteiger partial charge in [0.25, 0.3) is 5.78 Å². The van der Waals surface area contributed by atoms with Gasteiger partial charge in [-0.05, 0) is 13.0 Å². The van der Waals surface area contributed by atoms with Crippen molar-refractivity contribution in [2.45, 2.75) is 12.3 Å². The minimum absolute atomic E-state index is 0.420. The number of fused-ring (bicyclic) bond motifs is 1. The molecule has 0 saturated carbocycles. The summed E-state index contributed by atoms with van der Waals surface area (Å²) in [5.41, 5.74) is 6.33. The van der Waals surface area contributed by atoms with Crippen LogP contribution in [0, 0.1) is 0 Å². The molecule has 6 nitrogen and oxygen atoms in total. The Morgan fingerprint density at radius 3 is 3.20 bits per heavy atom. The molecule has 78 valence electrons. The number of rotatable bonds is 1. The lowest BCUT2D eigenvalue weighted by molar-refractivity contribution is 0.691. The fourth-order valence-electron chi connectivity index (χ4n) is 1.97. The van der Waals surface area contributed by atoms with Gasteiger partial charge >= 0.3 is 0 Å². The van der Waals surface area contributed by atoms with E-state index in [9.17, 15) is 0 Å². The highest BCUT2D eigenvalue weighted by Crippen LogP contribution is 2.20. The molecule has 1 unspecified atom stereocenters. The molecule has 2 aromatic heterocycles. The molecule has 0 aliphatic carbocycles. The third-order valence-corrected chi connectivity index (χ3v) is 2.74. The highest BCUT2D eigenvalue weighted by atomic mass is 15.3. The number of hydrogen-bond donors (Lipinski definition) is 2. The zero-order valence-corrected chi connectivity index (χ0v) is 8.22. The largest absolute Gasteiger partial charge is 0.396 e. The molecule has 0 aromatic carbocycles. The van der Waals surface area contributed by atoms with E-state index >= 15 is 0 Å². The summed E-state index contributed by atoms with van der Waals surface area (Å²) in [5, 5.41) is 11.5. The zero-order valence-electron chi connectivity index (χ0n) is 8.22. The Hall–Kier alpha value is -1.69. The molecule has 3 rings (SSSR count). The Labute approximate surface area is 86.5 Å². The van der Waals surface area contributed by atoms with Crippen LogP contribution in [0.25, 0.3) is 5.78 Å². The topological polar surface area (TPSA) is 81.1 Å². The minimum Gasteiger partial charge on any atom is -0.396 e. The van der Waals surface area contributed by atoms with Crippen LogP contribution in [-0.2, 0) is 0 Å². The maximum Gasteiger partial charge on any atom is 0.255 e. The van der Waals surface area contributed by atoms with E-state index in [2.05, 4.69) is 20.5 Å². The molecule has 15 heavy (non-hydrogen) atoms. The van der Waals surface area contributed by atoms with Crippen molar-refractivity contribution in [1.82, 2.24) is 24.9 Å². The second kappa shape index (κ2) is 3.16. The highest BCUT2D eigenvalue weighted by Gasteiger charge is 2.22. The summed E-state index contributed by atoms with van der Waals surface area (Å²) in [6, 6.07) is 0. The molecule has 1 saturated heterocycles. The first-order valence-corrected chi connectivity index (χ1v) is 5.01. The molecule has 3 N–H and O–H groups in total. The van der Waals surface area contributed by atoms with E-state index in [-0.39, 0.29) is 0 Å². The van der Waals surface area contributed by atoms with Crippen molar-refractivity contribution in [3.8, 4) is 0 Å². The Morgan fingerprint density at radius 2 is 2.40 bits per heavy atom. The molecular formula is C9H12N6. The van der Waals surface area contributed by atoms with Gasteiger partial charge in [0.1, 0.15) is 5.82 Å². The van der Waals surface area contributed by atoms with Crippen LogP contribution in [0.4, 0.5) is 5.69 Å². The maximum absolute atomic E-state index is 5.70. The van der Waals surface area contributed by atoms with Gasteiger partial charge in [0.05, 0.1) is 11.9 Å². The molecule has 0 spiro atoms. The Morgan fingerprint density at radius 1 is 1.47 bits per heavy atom. The van der Waals surface area contributed by atoms with Gasteiger partial charge in [-0.2, -0.15) is 0 Å². The molecule has 0 amide bonds. The van der Waals surface area contributed by atoms with Crippen molar-refractivity contribution in [1.29, 1.82) is 0 Å². The normalized spacial score (nSPS) is 21.2. The van der Waals surface area contributed by atoms with E-state index in [0.29, 0.717) is 17.4 Å². The summed E-state index contributed by atoms with van der Waals surface area (Å²) in [4.78, 5) is 4.12. The van der Waals surface area contributed by atoms with E-state index in [0.717, 1.165) is 25.3 Å². The fourth-order valence-corrected chi connectivity index (χ4v) is 1.97. The van der Waals surface area contributed by atoms with Crippen molar-refractivity contribution in [2.24, 2.45) is 0 Å².